The minimum atomic E-state index is 0.328. The average Bonchev–Trinajstić information content (AvgIpc) is 2.80. The molecule has 17 heavy (non-hydrogen) atoms. The average molecular weight is 315 g/mol. The largest absolute Gasteiger partial charge is 0.307 e. The first kappa shape index (κ1) is 13.1. The fourth-order valence-electron chi connectivity index (χ4n) is 2.34. The summed E-state index contributed by atoms with van der Waals surface area (Å²) < 4.78 is 1.09. The Morgan fingerprint density at radius 2 is 2.29 bits per heavy atom. The molecule has 92 valence electrons. The lowest BCUT2D eigenvalue weighted by Gasteiger charge is -2.21. The molecule has 1 aromatic carbocycles. The highest BCUT2D eigenvalue weighted by Gasteiger charge is 2.20. The second-order valence-corrected chi connectivity index (χ2v) is 5.62. The van der Waals surface area contributed by atoms with Crippen LogP contribution in [0.25, 0.3) is 0 Å². The van der Waals surface area contributed by atoms with E-state index in [1.54, 1.807) is 0 Å². The third kappa shape index (κ3) is 3.12. The molecule has 0 radical (unpaired) electrons. The second kappa shape index (κ2) is 6.03. The Bertz CT molecular complexity index is 428. The van der Waals surface area contributed by atoms with Gasteiger partial charge in [-0.15, -0.1) is 0 Å². The number of hydrogen-bond acceptors (Lipinski definition) is 1. The van der Waals surface area contributed by atoms with Gasteiger partial charge in [-0.1, -0.05) is 52.2 Å². The fraction of sp³-hybridized carbons (Fsp3) is 0.429. The monoisotopic (exact) mass is 313 g/mol. The Hall–Kier alpha value is -0.310. The van der Waals surface area contributed by atoms with E-state index < -0.39 is 0 Å². The van der Waals surface area contributed by atoms with Gasteiger partial charge >= 0.3 is 0 Å². The van der Waals surface area contributed by atoms with Crippen molar-refractivity contribution >= 4 is 27.5 Å². The van der Waals surface area contributed by atoms with Crippen molar-refractivity contribution in [2.24, 2.45) is 0 Å². The minimum absolute atomic E-state index is 0.328. The van der Waals surface area contributed by atoms with Gasteiger partial charge in [0, 0.05) is 9.50 Å². The zero-order valence-corrected chi connectivity index (χ0v) is 12.3. The number of hydrogen-bond donors (Lipinski definition) is 1. The molecule has 1 nitrogen and oxygen atoms in total. The van der Waals surface area contributed by atoms with Gasteiger partial charge in [0.1, 0.15) is 0 Å². The van der Waals surface area contributed by atoms with E-state index in [1.165, 1.54) is 30.4 Å². The van der Waals surface area contributed by atoms with Crippen LogP contribution in [0.4, 0.5) is 0 Å². The lowest BCUT2D eigenvalue weighted by atomic mass is 9.98. The molecule has 1 aromatic rings. The molecule has 2 rings (SSSR count). The number of likely N-dealkylation sites (N-methyl/N-ethyl adjacent to an activating group) is 1. The van der Waals surface area contributed by atoms with E-state index in [0.29, 0.717) is 6.04 Å². The summed E-state index contributed by atoms with van der Waals surface area (Å²) in [5.41, 5.74) is 2.79. The fourth-order valence-corrected chi connectivity index (χ4v) is 3.25. The predicted molar refractivity (Wildman–Crippen MR) is 77.5 cm³/mol. The van der Waals surface area contributed by atoms with E-state index in [1.807, 2.05) is 12.1 Å². The van der Waals surface area contributed by atoms with Crippen LogP contribution in [-0.4, -0.2) is 6.54 Å². The van der Waals surface area contributed by atoms with E-state index in [4.69, 9.17) is 11.6 Å². The van der Waals surface area contributed by atoms with Gasteiger partial charge in [0.05, 0.1) is 6.04 Å². The molecule has 1 aliphatic carbocycles. The van der Waals surface area contributed by atoms with Gasteiger partial charge < -0.3 is 5.32 Å². The van der Waals surface area contributed by atoms with Crippen molar-refractivity contribution in [1.29, 1.82) is 0 Å². The summed E-state index contributed by atoms with van der Waals surface area (Å²) in [5, 5.41) is 4.33. The predicted octanol–water partition coefficient (Wildman–Crippen LogP) is 4.86. The third-order valence-corrected chi connectivity index (χ3v) is 4.05. The number of allylic oxidation sites excluding steroid dienone is 1. The maximum absolute atomic E-state index is 5.99. The van der Waals surface area contributed by atoms with Gasteiger partial charge in [-0.3, -0.25) is 0 Å². The molecule has 0 aromatic heterocycles. The molecule has 0 fully saturated rings. The lowest BCUT2D eigenvalue weighted by molar-refractivity contribution is 0.603. The lowest BCUT2D eigenvalue weighted by Crippen LogP contribution is -2.22. The van der Waals surface area contributed by atoms with Gasteiger partial charge in [0.2, 0.25) is 0 Å². The number of halogens is 2. The molecule has 0 spiro atoms. The maximum Gasteiger partial charge on any atom is 0.0547 e. The van der Waals surface area contributed by atoms with Crippen molar-refractivity contribution in [3.63, 3.8) is 0 Å². The minimum Gasteiger partial charge on any atom is -0.307 e. The van der Waals surface area contributed by atoms with Crippen LogP contribution in [0.3, 0.4) is 0 Å². The van der Waals surface area contributed by atoms with Gasteiger partial charge in [0.15, 0.2) is 0 Å². The van der Waals surface area contributed by atoms with Crippen LogP contribution in [-0.2, 0) is 0 Å². The first-order valence-corrected chi connectivity index (χ1v) is 7.26. The molecule has 1 N–H and O–H groups in total. The molecule has 0 heterocycles. The molecule has 1 unspecified atom stereocenters. The van der Waals surface area contributed by atoms with Crippen molar-refractivity contribution in [3.05, 3.63) is 44.9 Å². The summed E-state index contributed by atoms with van der Waals surface area (Å²) in [6.07, 6.45) is 6.06. The van der Waals surface area contributed by atoms with Crippen LogP contribution in [0.15, 0.2) is 34.3 Å². The van der Waals surface area contributed by atoms with Gasteiger partial charge in [-0.2, -0.15) is 0 Å². The highest BCUT2D eigenvalue weighted by Crippen LogP contribution is 2.35. The Labute approximate surface area is 116 Å². The molecule has 0 saturated heterocycles. The number of rotatable bonds is 4. The Morgan fingerprint density at radius 1 is 1.47 bits per heavy atom. The van der Waals surface area contributed by atoms with Crippen LogP contribution >= 0.6 is 27.5 Å². The van der Waals surface area contributed by atoms with Crippen LogP contribution < -0.4 is 5.32 Å². The Morgan fingerprint density at radius 3 is 2.88 bits per heavy atom. The van der Waals surface area contributed by atoms with E-state index in [-0.39, 0.29) is 0 Å². The number of nitrogens with one attached hydrogen (secondary N) is 1. The van der Waals surface area contributed by atoms with Crippen LogP contribution in [0, 0.1) is 0 Å². The van der Waals surface area contributed by atoms with E-state index in [0.717, 1.165) is 16.0 Å². The molecule has 3 heteroatoms. The SMILES string of the molecule is CCNC(C1=CCCC1)c1ccc(Cl)cc1Br. The van der Waals surface area contributed by atoms with Gasteiger partial charge in [-0.05, 0) is 43.5 Å². The highest BCUT2D eigenvalue weighted by molar-refractivity contribution is 9.10. The van der Waals surface area contributed by atoms with Crippen molar-refractivity contribution in [3.8, 4) is 0 Å². The standard InChI is InChI=1S/C14H17BrClN/c1-2-17-14(10-5-3-4-6-10)12-8-7-11(16)9-13(12)15/h5,7-9,14,17H,2-4,6H2,1H3. The summed E-state index contributed by atoms with van der Waals surface area (Å²) in [5.74, 6) is 0. The van der Waals surface area contributed by atoms with Gasteiger partial charge in [-0.25, -0.2) is 0 Å². The third-order valence-electron chi connectivity index (χ3n) is 3.13. The Balaban J connectivity index is 2.31. The van der Waals surface area contributed by atoms with Crippen LogP contribution in [0.2, 0.25) is 5.02 Å². The summed E-state index contributed by atoms with van der Waals surface area (Å²) in [6.45, 7) is 3.11. The summed E-state index contributed by atoms with van der Waals surface area (Å²) in [6, 6.07) is 6.37. The maximum atomic E-state index is 5.99. The number of benzene rings is 1. The first-order valence-electron chi connectivity index (χ1n) is 6.09. The molecule has 0 amide bonds. The highest BCUT2D eigenvalue weighted by atomic mass is 79.9. The van der Waals surface area contributed by atoms with E-state index in [9.17, 15) is 0 Å². The first-order chi connectivity index (χ1) is 8.22. The zero-order valence-electron chi connectivity index (χ0n) is 9.97. The molecule has 0 aliphatic heterocycles. The molecule has 0 saturated carbocycles. The second-order valence-electron chi connectivity index (χ2n) is 4.33. The molecule has 0 bridgehead atoms. The molecule has 1 atom stereocenters. The topological polar surface area (TPSA) is 12.0 Å². The van der Waals surface area contributed by atoms with Crippen molar-refractivity contribution in [2.45, 2.75) is 32.2 Å². The smallest absolute Gasteiger partial charge is 0.0547 e. The molecular weight excluding hydrogens is 298 g/mol. The van der Waals surface area contributed by atoms with Crippen molar-refractivity contribution in [2.75, 3.05) is 6.54 Å². The Kier molecular flexibility index (Phi) is 4.66. The summed E-state index contributed by atoms with van der Waals surface area (Å²) in [4.78, 5) is 0. The zero-order chi connectivity index (χ0) is 12.3. The van der Waals surface area contributed by atoms with Crippen molar-refractivity contribution < 1.29 is 0 Å². The van der Waals surface area contributed by atoms with E-state index in [2.05, 4.69) is 40.3 Å². The molecular formula is C14H17BrClN. The quantitative estimate of drug-likeness (QED) is 0.782. The van der Waals surface area contributed by atoms with Gasteiger partial charge in [0.25, 0.3) is 0 Å². The van der Waals surface area contributed by atoms with Crippen LogP contribution in [0.1, 0.15) is 37.8 Å². The summed E-state index contributed by atoms with van der Waals surface area (Å²) in [7, 11) is 0. The van der Waals surface area contributed by atoms with Crippen molar-refractivity contribution in [1.82, 2.24) is 5.32 Å². The normalized spacial score (nSPS) is 17.0. The van der Waals surface area contributed by atoms with Crippen LogP contribution in [0.5, 0.6) is 0 Å². The van der Waals surface area contributed by atoms with E-state index >= 15 is 0 Å². The molecule has 1 aliphatic rings. The summed E-state index contributed by atoms with van der Waals surface area (Å²) >= 11 is 9.61.